The Bertz CT molecular complexity index is 752. The molecule has 0 radical (unpaired) electrons. The number of hydrogen-bond donors (Lipinski definition) is 2. The van der Waals surface area contributed by atoms with Crippen LogP contribution in [-0.2, 0) is 12.1 Å². The van der Waals surface area contributed by atoms with Crippen molar-refractivity contribution in [1.82, 2.24) is 9.88 Å². The summed E-state index contributed by atoms with van der Waals surface area (Å²) in [5, 5.41) is 14.3. The molecule has 0 spiro atoms. The van der Waals surface area contributed by atoms with E-state index in [4.69, 9.17) is 0 Å². The molecule has 2 N–H and O–H groups in total. The van der Waals surface area contributed by atoms with Gasteiger partial charge in [0.2, 0.25) is 0 Å². The Balaban J connectivity index is 1.57. The number of benzene rings is 1. The molecule has 132 valence electrons. The standard InChI is InChI=1S/C20H24FN3O/c1-22-19-14(5-4-10-23-19)13-24-15-8-9-16(24)12-20(25,11-15)17-6-2-3-7-18(17)21/h2-7,10,15-16,25H,8-9,11-13H2,1H3,(H,22,23)/t15-,16-/m1/s1. The molecule has 1 aromatic carbocycles. The molecule has 5 heteroatoms. The van der Waals surface area contributed by atoms with E-state index in [9.17, 15) is 9.50 Å². The number of aliphatic hydroxyl groups is 1. The summed E-state index contributed by atoms with van der Waals surface area (Å²) in [6.07, 6.45) is 5.06. The fourth-order valence-corrected chi connectivity index (χ4v) is 4.62. The quantitative estimate of drug-likeness (QED) is 0.896. The van der Waals surface area contributed by atoms with Gasteiger partial charge in [0.1, 0.15) is 11.6 Å². The van der Waals surface area contributed by atoms with E-state index in [2.05, 4.69) is 21.3 Å². The van der Waals surface area contributed by atoms with Crippen molar-refractivity contribution in [3.63, 3.8) is 0 Å². The lowest BCUT2D eigenvalue weighted by molar-refractivity contribution is -0.0615. The predicted molar refractivity (Wildman–Crippen MR) is 95.7 cm³/mol. The number of pyridine rings is 1. The van der Waals surface area contributed by atoms with E-state index in [-0.39, 0.29) is 17.9 Å². The Labute approximate surface area is 147 Å². The number of rotatable bonds is 4. The van der Waals surface area contributed by atoms with Gasteiger partial charge in [0.15, 0.2) is 0 Å². The molecule has 4 nitrogen and oxygen atoms in total. The van der Waals surface area contributed by atoms with E-state index in [1.807, 2.05) is 13.1 Å². The Hall–Kier alpha value is -1.98. The van der Waals surface area contributed by atoms with Gasteiger partial charge < -0.3 is 10.4 Å². The summed E-state index contributed by atoms with van der Waals surface area (Å²) in [7, 11) is 1.88. The minimum Gasteiger partial charge on any atom is -0.385 e. The van der Waals surface area contributed by atoms with Crippen molar-refractivity contribution in [1.29, 1.82) is 0 Å². The smallest absolute Gasteiger partial charge is 0.130 e. The van der Waals surface area contributed by atoms with E-state index in [0.717, 1.165) is 25.2 Å². The first-order chi connectivity index (χ1) is 12.1. The summed E-state index contributed by atoms with van der Waals surface area (Å²) in [6.45, 7) is 0.812. The lowest BCUT2D eigenvalue weighted by atomic mass is 9.80. The van der Waals surface area contributed by atoms with Crippen LogP contribution < -0.4 is 5.32 Å². The van der Waals surface area contributed by atoms with Gasteiger partial charge in [-0.1, -0.05) is 24.3 Å². The van der Waals surface area contributed by atoms with Gasteiger partial charge in [0.25, 0.3) is 0 Å². The van der Waals surface area contributed by atoms with Gasteiger partial charge in [-0.2, -0.15) is 0 Å². The largest absolute Gasteiger partial charge is 0.385 e. The number of halogens is 1. The highest BCUT2D eigenvalue weighted by Gasteiger charge is 2.49. The molecule has 2 saturated heterocycles. The third-order valence-corrected chi connectivity index (χ3v) is 5.77. The number of aromatic nitrogens is 1. The number of anilines is 1. The highest BCUT2D eigenvalue weighted by Crippen LogP contribution is 2.46. The van der Waals surface area contributed by atoms with Gasteiger partial charge in [0.05, 0.1) is 5.60 Å². The average molecular weight is 341 g/mol. The number of nitrogens with one attached hydrogen (secondary N) is 1. The first-order valence-electron chi connectivity index (χ1n) is 8.95. The van der Waals surface area contributed by atoms with Crippen molar-refractivity contribution in [2.45, 2.75) is 49.9 Å². The molecular formula is C20H24FN3O. The molecule has 2 aliphatic rings. The summed E-state index contributed by atoms with van der Waals surface area (Å²) in [4.78, 5) is 6.85. The number of fused-ring (bicyclic) bond motifs is 2. The van der Waals surface area contributed by atoms with Crippen LogP contribution in [0.3, 0.4) is 0 Å². The van der Waals surface area contributed by atoms with E-state index >= 15 is 0 Å². The van der Waals surface area contributed by atoms with Crippen LogP contribution >= 0.6 is 0 Å². The van der Waals surface area contributed by atoms with Crippen LogP contribution in [0.2, 0.25) is 0 Å². The van der Waals surface area contributed by atoms with E-state index < -0.39 is 5.60 Å². The molecule has 25 heavy (non-hydrogen) atoms. The SMILES string of the molecule is CNc1ncccc1CN1[C@@H]2CC[C@@H]1CC(O)(c1ccccc1F)C2. The van der Waals surface area contributed by atoms with Gasteiger partial charge in [-0.05, 0) is 37.8 Å². The summed E-state index contributed by atoms with van der Waals surface area (Å²) >= 11 is 0. The van der Waals surface area contributed by atoms with Crippen molar-refractivity contribution in [3.05, 3.63) is 59.5 Å². The molecule has 0 saturated carbocycles. The third kappa shape index (κ3) is 2.92. The number of hydrogen-bond acceptors (Lipinski definition) is 4. The summed E-state index contributed by atoms with van der Waals surface area (Å²) < 4.78 is 14.2. The van der Waals surface area contributed by atoms with Gasteiger partial charge >= 0.3 is 0 Å². The van der Waals surface area contributed by atoms with Gasteiger partial charge in [0, 0.05) is 43.0 Å². The van der Waals surface area contributed by atoms with E-state index in [1.165, 1.54) is 11.6 Å². The second-order valence-electron chi connectivity index (χ2n) is 7.24. The van der Waals surface area contributed by atoms with Crippen LogP contribution in [0.25, 0.3) is 0 Å². The fourth-order valence-electron chi connectivity index (χ4n) is 4.62. The molecule has 2 fully saturated rings. The van der Waals surface area contributed by atoms with Crippen LogP contribution in [0.5, 0.6) is 0 Å². The normalized spacial score (nSPS) is 28.9. The fraction of sp³-hybridized carbons (Fsp3) is 0.450. The average Bonchev–Trinajstić information content (AvgIpc) is 2.86. The Kier molecular flexibility index (Phi) is 4.21. The summed E-state index contributed by atoms with van der Waals surface area (Å²) in [5.74, 6) is 0.597. The van der Waals surface area contributed by atoms with Crippen molar-refractivity contribution in [2.75, 3.05) is 12.4 Å². The van der Waals surface area contributed by atoms with Crippen LogP contribution in [0.15, 0.2) is 42.6 Å². The molecule has 0 amide bonds. The second-order valence-corrected chi connectivity index (χ2v) is 7.24. The van der Waals surface area contributed by atoms with Crippen LogP contribution in [0.1, 0.15) is 36.8 Å². The maximum atomic E-state index is 14.2. The zero-order chi connectivity index (χ0) is 17.4. The Morgan fingerprint density at radius 2 is 1.92 bits per heavy atom. The molecule has 2 atom stereocenters. The second kappa shape index (κ2) is 6.39. The maximum absolute atomic E-state index is 14.2. The first kappa shape index (κ1) is 16.5. The molecule has 2 aromatic rings. The molecule has 1 aromatic heterocycles. The third-order valence-electron chi connectivity index (χ3n) is 5.77. The lowest BCUT2D eigenvalue weighted by Crippen LogP contribution is -2.49. The van der Waals surface area contributed by atoms with Gasteiger partial charge in [-0.15, -0.1) is 0 Å². The van der Waals surface area contributed by atoms with Gasteiger partial charge in [-0.3, -0.25) is 4.90 Å². The molecule has 4 rings (SSSR count). The molecule has 0 aliphatic carbocycles. The van der Waals surface area contributed by atoms with Crippen molar-refractivity contribution < 1.29 is 9.50 Å². The lowest BCUT2D eigenvalue weighted by Gasteiger charge is -2.44. The molecule has 2 bridgehead atoms. The minimum atomic E-state index is -1.06. The highest BCUT2D eigenvalue weighted by molar-refractivity contribution is 5.43. The zero-order valence-electron chi connectivity index (χ0n) is 14.5. The molecule has 2 aliphatic heterocycles. The highest BCUT2D eigenvalue weighted by atomic mass is 19.1. The van der Waals surface area contributed by atoms with Crippen LogP contribution in [0.4, 0.5) is 10.2 Å². The predicted octanol–water partition coefficient (Wildman–Crippen LogP) is 3.28. The van der Waals surface area contributed by atoms with Crippen molar-refractivity contribution in [3.8, 4) is 0 Å². The molecule has 0 unspecified atom stereocenters. The van der Waals surface area contributed by atoms with E-state index in [1.54, 1.807) is 24.4 Å². The van der Waals surface area contributed by atoms with Crippen LogP contribution in [-0.4, -0.2) is 34.1 Å². The zero-order valence-corrected chi connectivity index (χ0v) is 14.5. The molecular weight excluding hydrogens is 317 g/mol. The topological polar surface area (TPSA) is 48.4 Å². The van der Waals surface area contributed by atoms with Crippen LogP contribution in [0, 0.1) is 5.82 Å². The first-order valence-corrected chi connectivity index (χ1v) is 8.95. The Morgan fingerprint density at radius 3 is 2.60 bits per heavy atom. The van der Waals surface area contributed by atoms with Gasteiger partial charge in [-0.25, -0.2) is 9.37 Å². The van der Waals surface area contributed by atoms with E-state index in [0.29, 0.717) is 18.4 Å². The van der Waals surface area contributed by atoms with Crippen molar-refractivity contribution in [2.24, 2.45) is 0 Å². The molecule has 3 heterocycles. The van der Waals surface area contributed by atoms with Crippen molar-refractivity contribution >= 4 is 5.82 Å². The monoisotopic (exact) mass is 341 g/mol. The maximum Gasteiger partial charge on any atom is 0.130 e. The number of nitrogens with zero attached hydrogens (tertiary/aromatic N) is 2. The minimum absolute atomic E-state index is 0.272. The summed E-state index contributed by atoms with van der Waals surface area (Å²) in [6, 6.07) is 11.2. The Morgan fingerprint density at radius 1 is 1.20 bits per heavy atom. The summed E-state index contributed by atoms with van der Waals surface area (Å²) in [5.41, 5.74) is 0.552. The number of piperidine rings is 1.